The van der Waals surface area contributed by atoms with Crippen molar-refractivity contribution in [2.75, 3.05) is 0 Å². The molecule has 7 nitrogen and oxygen atoms in total. The van der Waals surface area contributed by atoms with Crippen molar-refractivity contribution in [3.05, 3.63) is 23.0 Å². The number of aromatic nitrogens is 3. The Kier molecular flexibility index (Phi) is 5.63. The Balaban J connectivity index is 2.70. The predicted molar refractivity (Wildman–Crippen MR) is 105 cm³/mol. The molecule has 0 fully saturated rings. The fourth-order valence-corrected chi connectivity index (χ4v) is 2.98. The second-order valence-corrected chi connectivity index (χ2v) is 8.65. The third-order valence-corrected chi connectivity index (χ3v) is 4.52. The van der Waals surface area contributed by atoms with Gasteiger partial charge in [-0.3, -0.25) is 4.79 Å². The smallest absolute Gasteiger partial charge is 0.326 e. The van der Waals surface area contributed by atoms with E-state index in [9.17, 15) is 14.7 Å². The number of rotatable bonds is 5. The lowest BCUT2D eigenvalue weighted by molar-refractivity contribution is -0.140. The van der Waals surface area contributed by atoms with Gasteiger partial charge >= 0.3 is 5.97 Å². The number of pyridine rings is 1. The van der Waals surface area contributed by atoms with E-state index >= 15 is 0 Å². The van der Waals surface area contributed by atoms with E-state index in [1.165, 1.54) is 0 Å². The van der Waals surface area contributed by atoms with Gasteiger partial charge in [-0.1, -0.05) is 27.7 Å². The van der Waals surface area contributed by atoms with Gasteiger partial charge < -0.3 is 10.4 Å². The van der Waals surface area contributed by atoms with Gasteiger partial charge in [0.1, 0.15) is 6.04 Å². The summed E-state index contributed by atoms with van der Waals surface area (Å²) in [4.78, 5) is 29.3. The van der Waals surface area contributed by atoms with Gasteiger partial charge in [-0.05, 0) is 45.6 Å². The van der Waals surface area contributed by atoms with Gasteiger partial charge in [0, 0.05) is 5.69 Å². The van der Waals surface area contributed by atoms with Crippen LogP contribution in [0.1, 0.15) is 76.1 Å². The van der Waals surface area contributed by atoms with E-state index in [-0.39, 0.29) is 17.4 Å². The van der Waals surface area contributed by atoms with E-state index in [0.717, 1.165) is 5.69 Å². The minimum atomic E-state index is -1.05. The molecule has 7 heteroatoms. The number of nitrogens with zero attached hydrogens (tertiary/aromatic N) is 3. The number of carboxylic acids is 1. The number of aryl methyl sites for hydroxylation is 1. The number of carbonyl (C=O) groups is 2. The van der Waals surface area contributed by atoms with Crippen LogP contribution < -0.4 is 5.32 Å². The van der Waals surface area contributed by atoms with Crippen LogP contribution in [0.25, 0.3) is 11.0 Å². The van der Waals surface area contributed by atoms with Crippen molar-refractivity contribution >= 4 is 22.9 Å². The summed E-state index contributed by atoms with van der Waals surface area (Å²) in [5, 5.41) is 17.4. The summed E-state index contributed by atoms with van der Waals surface area (Å²) in [5.74, 6) is -1.58. The zero-order valence-corrected chi connectivity index (χ0v) is 17.4. The number of aliphatic carboxylic acids is 1. The molecular weight excluding hydrogens is 344 g/mol. The van der Waals surface area contributed by atoms with Crippen LogP contribution in [0, 0.1) is 12.8 Å². The van der Waals surface area contributed by atoms with Gasteiger partial charge in [0.15, 0.2) is 5.65 Å². The highest BCUT2D eigenvalue weighted by Gasteiger charge is 2.28. The van der Waals surface area contributed by atoms with Crippen LogP contribution in [0.15, 0.2) is 6.07 Å². The first kappa shape index (κ1) is 20.9. The van der Waals surface area contributed by atoms with Crippen molar-refractivity contribution < 1.29 is 14.7 Å². The molecular formula is C20H30N4O3. The summed E-state index contributed by atoms with van der Waals surface area (Å²) in [6.45, 7) is 15.5. The molecule has 2 rings (SSSR count). The lowest BCUT2D eigenvalue weighted by Gasteiger charge is -2.21. The SMILES string of the molecule is Cc1nn(C(C)(C)C)c2nc(C(C)C)cc(C(=O)N[C@@H](C(=O)O)C(C)C)c12. The Hall–Kier alpha value is -2.44. The number of amides is 1. The summed E-state index contributed by atoms with van der Waals surface area (Å²) in [5.41, 5.74) is 2.24. The Morgan fingerprint density at radius 1 is 1.19 bits per heavy atom. The zero-order chi connectivity index (χ0) is 20.7. The fraction of sp³-hybridized carbons (Fsp3) is 0.600. The Bertz CT molecular complexity index is 875. The minimum absolute atomic E-state index is 0.116. The van der Waals surface area contributed by atoms with Crippen LogP contribution in [-0.2, 0) is 10.3 Å². The molecule has 148 valence electrons. The van der Waals surface area contributed by atoms with E-state index < -0.39 is 17.9 Å². The van der Waals surface area contributed by atoms with Crippen LogP contribution >= 0.6 is 0 Å². The Morgan fingerprint density at radius 2 is 1.78 bits per heavy atom. The molecule has 0 unspecified atom stereocenters. The van der Waals surface area contributed by atoms with E-state index in [4.69, 9.17) is 4.98 Å². The molecule has 2 aromatic rings. The summed E-state index contributed by atoms with van der Waals surface area (Å²) in [6.07, 6.45) is 0. The summed E-state index contributed by atoms with van der Waals surface area (Å²) < 4.78 is 1.83. The van der Waals surface area contributed by atoms with Gasteiger partial charge in [0.25, 0.3) is 5.91 Å². The first-order valence-corrected chi connectivity index (χ1v) is 9.29. The summed E-state index contributed by atoms with van der Waals surface area (Å²) >= 11 is 0. The fourth-order valence-electron chi connectivity index (χ4n) is 2.98. The van der Waals surface area contributed by atoms with Gasteiger partial charge in [-0.15, -0.1) is 0 Å². The van der Waals surface area contributed by atoms with Crippen molar-refractivity contribution in [1.82, 2.24) is 20.1 Å². The van der Waals surface area contributed by atoms with Gasteiger partial charge in [-0.2, -0.15) is 5.10 Å². The third-order valence-electron chi connectivity index (χ3n) is 4.52. The highest BCUT2D eigenvalue weighted by Crippen LogP contribution is 2.29. The van der Waals surface area contributed by atoms with Crippen LogP contribution in [0.3, 0.4) is 0 Å². The number of fused-ring (bicyclic) bond motifs is 1. The third kappa shape index (κ3) is 4.12. The zero-order valence-electron chi connectivity index (χ0n) is 17.4. The average Bonchev–Trinajstić information content (AvgIpc) is 2.88. The predicted octanol–water partition coefficient (Wildman–Crippen LogP) is 3.46. The molecule has 0 aliphatic rings. The monoisotopic (exact) mass is 374 g/mol. The lowest BCUT2D eigenvalue weighted by atomic mass is 10.0. The summed E-state index contributed by atoms with van der Waals surface area (Å²) in [7, 11) is 0. The van der Waals surface area contributed by atoms with Crippen molar-refractivity contribution in [3.63, 3.8) is 0 Å². The molecule has 1 atom stereocenters. The quantitative estimate of drug-likeness (QED) is 0.835. The molecule has 27 heavy (non-hydrogen) atoms. The largest absolute Gasteiger partial charge is 0.480 e. The first-order valence-electron chi connectivity index (χ1n) is 9.29. The summed E-state index contributed by atoms with van der Waals surface area (Å²) in [6, 6.07) is 0.796. The minimum Gasteiger partial charge on any atom is -0.480 e. The molecule has 0 aliphatic heterocycles. The molecule has 0 bridgehead atoms. The molecule has 0 saturated heterocycles. The molecule has 0 aromatic carbocycles. The van der Waals surface area contributed by atoms with Crippen LogP contribution in [0.2, 0.25) is 0 Å². The molecule has 0 spiro atoms. The molecule has 2 heterocycles. The van der Waals surface area contributed by atoms with Gasteiger partial charge in [-0.25, -0.2) is 14.5 Å². The van der Waals surface area contributed by atoms with E-state index in [2.05, 4.69) is 10.4 Å². The van der Waals surface area contributed by atoms with Gasteiger partial charge in [0.05, 0.1) is 22.2 Å². The number of carboxylic acid groups (broad SMARTS) is 1. The van der Waals surface area contributed by atoms with Crippen molar-refractivity contribution in [1.29, 1.82) is 0 Å². The van der Waals surface area contributed by atoms with Crippen LogP contribution in [0.5, 0.6) is 0 Å². The molecule has 0 radical (unpaired) electrons. The van der Waals surface area contributed by atoms with Gasteiger partial charge in [0.2, 0.25) is 0 Å². The first-order chi connectivity index (χ1) is 12.3. The molecule has 0 aliphatic carbocycles. The standard InChI is InChI=1S/C20H30N4O3/c1-10(2)14-9-13(18(25)22-16(11(3)4)19(26)27)15-12(5)23-24(17(15)21-14)20(6,7)8/h9-11,16H,1-8H3,(H,22,25)(H,26,27)/t16-/m1/s1. The topological polar surface area (TPSA) is 97.1 Å². The maximum atomic E-state index is 13.0. The van der Waals surface area contributed by atoms with Crippen molar-refractivity contribution in [3.8, 4) is 0 Å². The molecule has 1 amide bonds. The second-order valence-electron chi connectivity index (χ2n) is 8.65. The molecule has 0 saturated carbocycles. The highest BCUT2D eigenvalue weighted by molar-refractivity contribution is 6.07. The molecule has 2 aromatic heterocycles. The van der Waals surface area contributed by atoms with Crippen LogP contribution in [0.4, 0.5) is 0 Å². The molecule has 2 N–H and O–H groups in total. The number of nitrogens with one attached hydrogen (secondary N) is 1. The average molecular weight is 374 g/mol. The lowest BCUT2D eigenvalue weighted by Crippen LogP contribution is -2.44. The van der Waals surface area contributed by atoms with E-state index in [1.807, 2.05) is 46.2 Å². The number of hydrogen-bond acceptors (Lipinski definition) is 4. The van der Waals surface area contributed by atoms with Crippen molar-refractivity contribution in [2.45, 2.75) is 72.9 Å². The number of hydrogen-bond donors (Lipinski definition) is 2. The van der Waals surface area contributed by atoms with E-state index in [1.54, 1.807) is 19.9 Å². The number of carbonyl (C=O) groups excluding carboxylic acids is 1. The highest BCUT2D eigenvalue weighted by atomic mass is 16.4. The van der Waals surface area contributed by atoms with Crippen LogP contribution in [-0.4, -0.2) is 37.8 Å². The second kappa shape index (κ2) is 7.29. The maximum absolute atomic E-state index is 13.0. The Morgan fingerprint density at radius 3 is 2.22 bits per heavy atom. The maximum Gasteiger partial charge on any atom is 0.326 e. The van der Waals surface area contributed by atoms with Crippen molar-refractivity contribution in [2.24, 2.45) is 5.92 Å². The Labute approximate surface area is 160 Å². The van der Waals surface area contributed by atoms with E-state index in [0.29, 0.717) is 22.3 Å². The normalized spacial score (nSPS) is 13.4.